The van der Waals surface area contributed by atoms with Gasteiger partial charge in [0.15, 0.2) is 0 Å². The molecule has 0 saturated carbocycles. The Morgan fingerprint density at radius 2 is 0.885 bits per heavy atom. The molecule has 0 aliphatic carbocycles. The van der Waals surface area contributed by atoms with Gasteiger partial charge in [-0.1, -0.05) is 77.6 Å². The van der Waals surface area contributed by atoms with Crippen molar-refractivity contribution in [2.45, 2.75) is 84.0 Å². The van der Waals surface area contributed by atoms with Crippen molar-refractivity contribution in [3.63, 3.8) is 0 Å². The van der Waals surface area contributed by atoms with E-state index in [0.29, 0.717) is 6.42 Å². The van der Waals surface area contributed by atoms with Gasteiger partial charge in [0.25, 0.3) is 0 Å². The van der Waals surface area contributed by atoms with Crippen LogP contribution in [0.2, 0.25) is 0 Å². The molecule has 0 aromatic heterocycles. The third-order valence-electron chi connectivity index (χ3n) is 3.23. The quantitative estimate of drug-likeness (QED) is 0.197. The summed E-state index contributed by atoms with van der Waals surface area (Å²) < 4.78 is 64.7. The average Bonchev–Trinajstić information content (AvgIpc) is 2.41. The molecule has 0 aromatic carbocycles. The molecule has 0 amide bonds. The topological polar surface area (TPSA) is 208 Å². The second-order valence-corrected chi connectivity index (χ2v) is 7.57. The molecule has 0 aromatic rings. The molecule has 0 fully saturated rings. The number of hydrogen-bond donors (Lipinski definition) is 5. The highest BCUT2D eigenvalue weighted by Gasteiger charge is 2.02. The van der Waals surface area contributed by atoms with Crippen molar-refractivity contribution in [1.82, 2.24) is 12.3 Å². The van der Waals surface area contributed by atoms with E-state index in [1.54, 1.807) is 0 Å². The first kappa shape index (κ1) is 33.3. The lowest BCUT2D eigenvalue weighted by Crippen LogP contribution is -2.04. The molecule has 9 N–H and O–H groups in total. The van der Waals surface area contributed by atoms with Crippen LogP contribution in [0, 0.1) is 0 Å². The molecular weight excluding hydrogens is 388 g/mol. The van der Waals surface area contributed by atoms with E-state index in [-0.39, 0.29) is 18.9 Å². The Kier molecular flexibility index (Phi) is 26.8. The van der Waals surface area contributed by atoms with E-state index < -0.39 is 20.8 Å². The average molecular weight is 427 g/mol. The van der Waals surface area contributed by atoms with Crippen LogP contribution in [0.4, 0.5) is 0 Å². The minimum absolute atomic E-state index is 0. The van der Waals surface area contributed by atoms with Crippen molar-refractivity contribution >= 4 is 20.8 Å². The summed E-state index contributed by atoms with van der Waals surface area (Å²) >= 11 is 0. The molecule has 0 radical (unpaired) electrons. The first-order valence-electron chi connectivity index (χ1n) is 8.38. The normalized spacial score (nSPS) is 10.9. The van der Waals surface area contributed by atoms with Crippen molar-refractivity contribution in [2.75, 3.05) is 6.61 Å². The van der Waals surface area contributed by atoms with Gasteiger partial charge in [0.1, 0.15) is 0 Å². The van der Waals surface area contributed by atoms with E-state index in [0.717, 1.165) is 12.8 Å². The van der Waals surface area contributed by atoms with Crippen LogP contribution < -0.4 is 12.3 Å². The van der Waals surface area contributed by atoms with Gasteiger partial charge in [-0.05, 0) is 6.42 Å². The monoisotopic (exact) mass is 426 g/mol. The zero-order chi connectivity index (χ0) is 18.9. The molecule has 0 heterocycles. The predicted molar refractivity (Wildman–Crippen MR) is 103 cm³/mol. The molecule has 12 heteroatoms. The van der Waals surface area contributed by atoms with Crippen LogP contribution in [-0.4, -0.2) is 37.1 Å². The van der Waals surface area contributed by atoms with Gasteiger partial charge in [-0.2, -0.15) is 16.8 Å². The second kappa shape index (κ2) is 21.0. The van der Waals surface area contributed by atoms with Crippen molar-refractivity contribution in [3.8, 4) is 0 Å². The SMILES string of the molecule is CCCCCCCCCCCCCCOS(=O)(=O)O.N.N.O=S(=O)(O)O. The molecule has 0 spiro atoms. The van der Waals surface area contributed by atoms with E-state index in [1.165, 1.54) is 57.8 Å². The Balaban J connectivity index is -0.000000304. The van der Waals surface area contributed by atoms with Gasteiger partial charge in [0, 0.05) is 0 Å². The molecular formula is C14H38N2O8S2. The lowest BCUT2D eigenvalue weighted by molar-refractivity contribution is 0.261. The van der Waals surface area contributed by atoms with Crippen LogP contribution in [0.1, 0.15) is 84.0 Å². The van der Waals surface area contributed by atoms with E-state index in [4.69, 9.17) is 22.1 Å². The Bertz CT molecular complexity index is 461. The third-order valence-corrected chi connectivity index (χ3v) is 3.69. The number of hydrogen-bond acceptors (Lipinski definition) is 7. The van der Waals surface area contributed by atoms with E-state index >= 15 is 0 Å². The second-order valence-electron chi connectivity index (χ2n) is 5.59. The Morgan fingerprint density at radius 1 is 0.615 bits per heavy atom. The maximum Gasteiger partial charge on any atom is 0.397 e. The fourth-order valence-electron chi connectivity index (χ4n) is 2.11. The van der Waals surface area contributed by atoms with Gasteiger partial charge in [-0.15, -0.1) is 0 Å². The van der Waals surface area contributed by atoms with Crippen LogP contribution in [0.3, 0.4) is 0 Å². The van der Waals surface area contributed by atoms with Crippen LogP contribution in [0.25, 0.3) is 0 Å². The molecule has 0 bridgehead atoms. The van der Waals surface area contributed by atoms with Crippen molar-refractivity contribution in [3.05, 3.63) is 0 Å². The summed E-state index contributed by atoms with van der Waals surface area (Å²) in [5.41, 5.74) is 0. The van der Waals surface area contributed by atoms with Gasteiger partial charge >= 0.3 is 20.8 Å². The van der Waals surface area contributed by atoms with Crippen molar-refractivity contribution in [1.29, 1.82) is 0 Å². The molecule has 0 unspecified atom stereocenters. The minimum Gasteiger partial charge on any atom is -0.344 e. The molecule has 164 valence electrons. The summed E-state index contributed by atoms with van der Waals surface area (Å²) in [4.78, 5) is 0. The largest absolute Gasteiger partial charge is 0.397 e. The third kappa shape index (κ3) is 49.5. The first-order valence-corrected chi connectivity index (χ1v) is 11.1. The summed E-state index contributed by atoms with van der Waals surface area (Å²) in [5.74, 6) is 0. The van der Waals surface area contributed by atoms with Crippen molar-refractivity contribution < 1.29 is 34.7 Å². The fraction of sp³-hybridized carbons (Fsp3) is 1.00. The molecule has 0 aliphatic rings. The van der Waals surface area contributed by atoms with Gasteiger partial charge in [-0.3, -0.25) is 13.7 Å². The zero-order valence-corrected chi connectivity index (χ0v) is 17.4. The molecule has 0 aliphatic heterocycles. The molecule has 10 nitrogen and oxygen atoms in total. The van der Waals surface area contributed by atoms with Gasteiger partial charge in [0.05, 0.1) is 6.61 Å². The summed E-state index contributed by atoms with van der Waals surface area (Å²) in [6.07, 6.45) is 14.7. The van der Waals surface area contributed by atoms with Gasteiger partial charge < -0.3 is 12.3 Å². The summed E-state index contributed by atoms with van der Waals surface area (Å²) in [6.45, 7) is 2.33. The highest BCUT2D eigenvalue weighted by atomic mass is 32.3. The minimum atomic E-state index is -4.67. The standard InChI is InChI=1S/C14H30O4S.2H3N.H2O4S/c1-2-3-4-5-6-7-8-9-10-11-12-13-14-18-19(15,16)17;;;1-5(2,3)4/h2-14H2,1H3,(H,15,16,17);2*1H3;(H2,1,2,3,4). The molecule has 0 saturated heterocycles. The highest BCUT2D eigenvalue weighted by molar-refractivity contribution is 7.80. The van der Waals surface area contributed by atoms with Crippen LogP contribution in [-0.2, 0) is 25.0 Å². The number of unbranched alkanes of at least 4 members (excludes halogenated alkanes) is 11. The lowest BCUT2D eigenvalue weighted by Gasteiger charge is -2.02. The van der Waals surface area contributed by atoms with E-state index in [2.05, 4.69) is 11.1 Å². The van der Waals surface area contributed by atoms with Gasteiger partial charge in [-0.25, -0.2) is 4.18 Å². The van der Waals surface area contributed by atoms with E-state index in [9.17, 15) is 8.42 Å². The summed E-state index contributed by atoms with van der Waals surface area (Å²) in [5, 5.41) is 0. The van der Waals surface area contributed by atoms with Crippen LogP contribution in [0.15, 0.2) is 0 Å². The Morgan fingerprint density at radius 3 is 1.15 bits per heavy atom. The van der Waals surface area contributed by atoms with Gasteiger partial charge in [0.2, 0.25) is 0 Å². The molecule has 0 rings (SSSR count). The Labute approximate surface area is 158 Å². The predicted octanol–water partition coefficient (Wildman–Crippen LogP) is 4.18. The highest BCUT2D eigenvalue weighted by Crippen LogP contribution is 2.11. The smallest absolute Gasteiger partial charge is 0.344 e. The van der Waals surface area contributed by atoms with Crippen LogP contribution in [0.5, 0.6) is 0 Å². The maximum atomic E-state index is 10.3. The fourth-order valence-corrected chi connectivity index (χ4v) is 2.44. The number of rotatable bonds is 14. The molecule has 26 heavy (non-hydrogen) atoms. The lowest BCUT2D eigenvalue weighted by atomic mass is 10.1. The maximum absolute atomic E-state index is 10.3. The summed E-state index contributed by atoms with van der Waals surface area (Å²) in [6, 6.07) is 0. The first-order chi connectivity index (χ1) is 11.1. The Hall–Kier alpha value is -0.340. The van der Waals surface area contributed by atoms with Crippen LogP contribution >= 0.6 is 0 Å². The van der Waals surface area contributed by atoms with Crippen molar-refractivity contribution in [2.24, 2.45) is 0 Å². The summed E-state index contributed by atoms with van der Waals surface area (Å²) in [7, 11) is -8.91. The van der Waals surface area contributed by atoms with E-state index in [1.807, 2.05) is 0 Å². The molecule has 0 atom stereocenters. The zero-order valence-electron chi connectivity index (χ0n) is 15.8.